The Labute approximate surface area is 167 Å². The second-order valence-electron chi connectivity index (χ2n) is 10.5. The number of halogens is 1. The maximum atomic E-state index is 12.2. The van der Waals surface area contributed by atoms with Gasteiger partial charge in [-0.3, -0.25) is 4.79 Å². The highest BCUT2D eigenvalue weighted by molar-refractivity contribution is 14.1. The van der Waals surface area contributed by atoms with E-state index in [1.807, 2.05) is 6.92 Å². The lowest BCUT2D eigenvalue weighted by molar-refractivity contribution is -0.148. The van der Waals surface area contributed by atoms with Gasteiger partial charge < -0.3 is 5.11 Å². The summed E-state index contributed by atoms with van der Waals surface area (Å²) in [6, 6.07) is 0. The molecule has 25 heavy (non-hydrogen) atoms. The number of Topliss-reactive ketones (excluding diaryl/α,β-unsaturated/α-hetero) is 1. The Kier molecular flexibility index (Phi) is 4.63. The summed E-state index contributed by atoms with van der Waals surface area (Å²) in [6.07, 6.45) is 10.8. The van der Waals surface area contributed by atoms with Crippen LogP contribution in [0.15, 0.2) is 0 Å². The molecule has 4 fully saturated rings. The molecule has 0 radical (unpaired) electrons. The van der Waals surface area contributed by atoms with Crippen molar-refractivity contribution in [2.24, 2.45) is 40.4 Å². The minimum absolute atomic E-state index is 0.272. The Hall–Kier alpha value is 0.360. The van der Waals surface area contributed by atoms with E-state index in [-0.39, 0.29) is 5.41 Å². The zero-order chi connectivity index (χ0) is 18.0. The van der Waals surface area contributed by atoms with Gasteiger partial charge in [0.05, 0.1) is 5.60 Å². The van der Waals surface area contributed by atoms with Crippen LogP contribution >= 0.6 is 22.6 Å². The normalized spacial score (nSPS) is 55.2. The molecule has 2 nitrogen and oxygen atoms in total. The molecular weight excluding hydrogens is 423 g/mol. The number of fused-ring (bicyclic) bond motifs is 5. The Morgan fingerprint density at radius 3 is 2.40 bits per heavy atom. The first-order valence-corrected chi connectivity index (χ1v) is 12.0. The van der Waals surface area contributed by atoms with E-state index in [4.69, 9.17) is 0 Å². The zero-order valence-corrected chi connectivity index (χ0v) is 18.3. The summed E-state index contributed by atoms with van der Waals surface area (Å²) in [5.74, 6) is 3.89. The molecule has 1 N–H and O–H groups in total. The summed E-state index contributed by atoms with van der Waals surface area (Å²) >= 11 is 2.38. The second-order valence-corrected chi connectivity index (χ2v) is 11.3. The van der Waals surface area contributed by atoms with E-state index in [0.717, 1.165) is 41.4 Å². The Morgan fingerprint density at radius 2 is 1.72 bits per heavy atom. The van der Waals surface area contributed by atoms with Gasteiger partial charge in [0.1, 0.15) is 5.78 Å². The third-order valence-electron chi connectivity index (χ3n) is 9.56. The van der Waals surface area contributed by atoms with Crippen LogP contribution in [0.3, 0.4) is 0 Å². The van der Waals surface area contributed by atoms with E-state index in [1.165, 1.54) is 38.5 Å². The van der Waals surface area contributed by atoms with E-state index in [9.17, 15) is 9.90 Å². The summed E-state index contributed by atoms with van der Waals surface area (Å²) in [7, 11) is 0. The van der Waals surface area contributed by atoms with E-state index in [0.29, 0.717) is 23.0 Å². The molecule has 4 aliphatic rings. The summed E-state index contributed by atoms with van der Waals surface area (Å²) < 4.78 is 0.881. The third-order valence-corrected chi connectivity index (χ3v) is 11.0. The number of rotatable bonds is 2. The maximum Gasteiger partial charge on any atom is 0.133 e. The molecule has 0 spiro atoms. The summed E-state index contributed by atoms with van der Waals surface area (Å²) in [6.45, 7) is 6.83. The molecule has 4 aliphatic carbocycles. The number of alkyl halides is 1. The predicted molar refractivity (Wildman–Crippen MR) is 110 cm³/mol. The number of carbonyl (C=O) groups excluding carboxylic acids is 1. The molecule has 0 saturated heterocycles. The number of hydrogen-bond donors (Lipinski definition) is 1. The second kappa shape index (κ2) is 6.18. The molecule has 0 aromatic heterocycles. The van der Waals surface area contributed by atoms with Crippen molar-refractivity contribution < 1.29 is 9.90 Å². The minimum atomic E-state index is -0.409. The molecular formula is C22H35IO2. The van der Waals surface area contributed by atoms with Gasteiger partial charge in [-0.15, -0.1) is 0 Å². The number of carbonyl (C=O) groups is 1. The summed E-state index contributed by atoms with van der Waals surface area (Å²) in [5, 5.41) is 10.9. The quantitative estimate of drug-likeness (QED) is 0.445. The maximum absolute atomic E-state index is 12.2. The van der Waals surface area contributed by atoms with Gasteiger partial charge in [0, 0.05) is 10.3 Å². The highest BCUT2D eigenvalue weighted by atomic mass is 127. The highest BCUT2D eigenvalue weighted by Gasteiger charge is 2.61. The fraction of sp³-hybridized carbons (Fsp3) is 0.955. The first-order valence-electron chi connectivity index (χ1n) is 10.5. The zero-order valence-electron chi connectivity index (χ0n) is 16.2. The standard InChI is InChI=1S/C22H35IO2/c1-14(24)17-6-7-18-16-5-4-15-12-22(25,13-23)11-10-20(15,2)19(16)8-9-21(17,18)3/h15-19,25H,4-13H2,1-3H3/t15-,16-,17+,18-,19-,20-,21+,22+/m0/s1. The van der Waals surface area contributed by atoms with Crippen LogP contribution in [0.1, 0.15) is 78.6 Å². The molecule has 0 aliphatic heterocycles. The molecule has 3 heteroatoms. The van der Waals surface area contributed by atoms with Crippen molar-refractivity contribution in [3.63, 3.8) is 0 Å². The fourth-order valence-electron chi connectivity index (χ4n) is 8.11. The van der Waals surface area contributed by atoms with Gasteiger partial charge in [0.25, 0.3) is 0 Å². The van der Waals surface area contributed by atoms with E-state index in [2.05, 4.69) is 36.4 Å². The van der Waals surface area contributed by atoms with Crippen molar-refractivity contribution in [2.75, 3.05) is 4.43 Å². The first-order chi connectivity index (χ1) is 11.7. The SMILES string of the molecule is CC(=O)[C@H]1CC[C@H]2[C@@H]3CC[C@H]4C[C@@](O)(CI)CC[C@]4(C)[C@H]3CC[C@]12C. The average molecular weight is 458 g/mol. The van der Waals surface area contributed by atoms with Crippen molar-refractivity contribution in [1.29, 1.82) is 0 Å². The molecule has 0 amide bonds. The Balaban J connectivity index is 1.59. The van der Waals surface area contributed by atoms with Crippen LogP contribution in [0, 0.1) is 40.4 Å². The van der Waals surface area contributed by atoms with Crippen molar-refractivity contribution >= 4 is 28.4 Å². The van der Waals surface area contributed by atoms with Crippen molar-refractivity contribution in [2.45, 2.75) is 84.2 Å². The fourth-order valence-corrected chi connectivity index (χ4v) is 8.80. The lowest BCUT2D eigenvalue weighted by Crippen LogP contribution is -2.56. The summed E-state index contributed by atoms with van der Waals surface area (Å²) in [4.78, 5) is 12.2. The Bertz CT molecular complexity index is 562. The third kappa shape index (κ3) is 2.68. The van der Waals surface area contributed by atoms with Crippen LogP contribution in [0.4, 0.5) is 0 Å². The Morgan fingerprint density at radius 1 is 1.00 bits per heavy atom. The van der Waals surface area contributed by atoms with Crippen molar-refractivity contribution in [3.05, 3.63) is 0 Å². The molecule has 4 rings (SSSR count). The number of aliphatic hydroxyl groups is 1. The minimum Gasteiger partial charge on any atom is -0.389 e. The molecule has 4 saturated carbocycles. The van der Waals surface area contributed by atoms with Gasteiger partial charge in [-0.2, -0.15) is 0 Å². The van der Waals surface area contributed by atoms with Gasteiger partial charge in [-0.05, 0) is 99.2 Å². The number of hydrogen-bond acceptors (Lipinski definition) is 2. The van der Waals surface area contributed by atoms with Crippen LogP contribution < -0.4 is 0 Å². The molecule has 142 valence electrons. The smallest absolute Gasteiger partial charge is 0.133 e. The molecule has 0 aromatic carbocycles. The molecule has 0 unspecified atom stereocenters. The molecule has 0 heterocycles. The van der Waals surface area contributed by atoms with Crippen molar-refractivity contribution in [1.82, 2.24) is 0 Å². The largest absolute Gasteiger partial charge is 0.389 e. The predicted octanol–water partition coefficient (Wildman–Crippen LogP) is 5.40. The highest BCUT2D eigenvalue weighted by Crippen LogP contribution is 2.68. The lowest BCUT2D eigenvalue weighted by atomic mass is 9.44. The first kappa shape index (κ1) is 18.7. The topological polar surface area (TPSA) is 37.3 Å². The summed E-state index contributed by atoms with van der Waals surface area (Å²) in [5.41, 5.74) is 0.290. The van der Waals surface area contributed by atoms with E-state index >= 15 is 0 Å². The van der Waals surface area contributed by atoms with Crippen LogP contribution in [0.5, 0.6) is 0 Å². The van der Waals surface area contributed by atoms with Gasteiger partial charge in [-0.25, -0.2) is 0 Å². The van der Waals surface area contributed by atoms with E-state index < -0.39 is 5.60 Å². The number of ketones is 1. The average Bonchev–Trinajstić information content (AvgIpc) is 2.93. The molecule has 0 aromatic rings. The van der Waals surface area contributed by atoms with Crippen LogP contribution in [0.25, 0.3) is 0 Å². The molecule has 0 bridgehead atoms. The van der Waals surface area contributed by atoms with Gasteiger partial charge >= 0.3 is 0 Å². The van der Waals surface area contributed by atoms with E-state index in [1.54, 1.807) is 0 Å². The monoisotopic (exact) mass is 458 g/mol. The van der Waals surface area contributed by atoms with Crippen LogP contribution in [-0.2, 0) is 4.79 Å². The van der Waals surface area contributed by atoms with Gasteiger partial charge in [0.2, 0.25) is 0 Å². The van der Waals surface area contributed by atoms with Crippen molar-refractivity contribution in [3.8, 4) is 0 Å². The van der Waals surface area contributed by atoms with Gasteiger partial charge in [-0.1, -0.05) is 36.4 Å². The van der Waals surface area contributed by atoms with Crippen LogP contribution in [-0.4, -0.2) is 20.9 Å². The molecule has 8 atom stereocenters. The van der Waals surface area contributed by atoms with Crippen LogP contribution in [0.2, 0.25) is 0 Å². The lowest BCUT2D eigenvalue weighted by Gasteiger charge is -2.62. The van der Waals surface area contributed by atoms with Gasteiger partial charge in [0.15, 0.2) is 0 Å².